The van der Waals surface area contributed by atoms with Crippen LogP contribution in [0.1, 0.15) is 21.1 Å². The van der Waals surface area contributed by atoms with Gasteiger partial charge in [-0.15, -0.1) is 11.3 Å². The average molecular weight is 372 g/mol. The van der Waals surface area contributed by atoms with Crippen LogP contribution in [0, 0.1) is 13.8 Å². The fourth-order valence-corrected chi connectivity index (χ4v) is 3.10. The predicted molar refractivity (Wildman–Crippen MR) is 94.7 cm³/mol. The number of aryl methyl sites for hydroxylation is 3. The third-order valence-electron chi connectivity index (χ3n) is 3.34. The number of ether oxygens (including phenoxy) is 1. The molecule has 0 aliphatic carbocycles. The van der Waals surface area contributed by atoms with Gasteiger partial charge in [0.2, 0.25) is 0 Å². The average Bonchev–Trinajstić information content (AvgIpc) is 3.15. The van der Waals surface area contributed by atoms with E-state index < -0.39 is 18.5 Å². The molecular weight excluding hydrogens is 356 g/mol. The lowest BCUT2D eigenvalue weighted by molar-refractivity contribution is -0.119. The highest BCUT2D eigenvalue weighted by atomic mass is 32.1. The van der Waals surface area contributed by atoms with Crippen LogP contribution in [0.25, 0.3) is 10.8 Å². The van der Waals surface area contributed by atoms with Crippen LogP contribution in [-0.4, -0.2) is 43.2 Å². The number of hydrogen-bond acceptors (Lipinski definition) is 8. The fourth-order valence-electron chi connectivity index (χ4n) is 2.19. The summed E-state index contributed by atoms with van der Waals surface area (Å²) < 4.78 is 6.62. The summed E-state index contributed by atoms with van der Waals surface area (Å²) in [5.41, 5.74) is 1.28. The number of aromatic nitrogens is 5. The molecule has 0 saturated heterocycles. The van der Waals surface area contributed by atoms with Crippen LogP contribution in [0.4, 0.5) is 5.82 Å². The van der Waals surface area contributed by atoms with Crippen LogP contribution < -0.4 is 5.32 Å². The van der Waals surface area contributed by atoms with Gasteiger partial charge in [0.25, 0.3) is 5.91 Å². The Labute approximate surface area is 153 Å². The summed E-state index contributed by atoms with van der Waals surface area (Å²) >= 11 is 1.13. The largest absolute Gasteiger partial charge is 0.451 e. The second-order valence-corrected chi connectivity index (χ2v) is 6.42. The summed E-state index contributed by atoms with van der Waals surface area (Å²) in [6.07, 6.45) is 3.20. The normalized spacial score (nSPS) is 10.6. The zero-order chi connectivity index (χ0) is 18.7. The number of rotatable bonds is 5. The molecule has 0 radical (unpaired) electrons. The lowest BCUT2D eigenvalue weighted by atomic mass is 10.4. The van der Waals surface area contributed by atoms with Crippen molar-refractivity contribution in [3.63, 3.8) is 0 Å². The van der Waals surface area contributed by atoms with Crippen molar-refractivity contribution < 1.29 is 14.3 Å². The fraction of sp³-hybridized carbons (Fsp3) is 0.250. The van der Waals surface area contributed by atoms with Crippen molar-refractivity contribution in [2.45, 2.75) is 13.8 Å². The first-order valence-corrected chi connectivity index (χ1v) is 8.48. The molecule has 134 valence electrons. The Hall–Kier alpha value is -3.14. The quantitative estimate of drug-likeness (QED) is 0.679. The maximum atomic E-state index is 12.2. The molecule has 3 heterocycles. The highest BCUT2D eigenvalue weighted by Gasteiger charge is 2.20. The zero-order valence-corrected chi connectivity index (χ0v) is 15.2. The summed E-state index contributed by atoms with van der Waals surface area (Å²) in [7, 11) is 1.71. The molecule has 0 unspecified atom stereocenters. The van der Waals surface area contributed by atoms with Gasteiger partial charge >= 0.3 is 5.97 Å². The monoisotopic (exact) mass is 372 g/mol. The number of nitrogens with one attached hydrogen (secondary N) is 1. The zero-order valence-electron chi connectivity index (χ0n) is 14.4. The minimum absolute atomic E-state index is 0.316. The standard InChI is InChI=1S/C16H16N6O3S/c1-9-7-11(22(3)21-9)20-12(23)8-25-16(24)13-10(2)19-15(26-13)14-17-5-4-6-18-14/h4-7H,8H2,1-3H3,(H,20,23). The first kappa shape index (κ1) is 17.7. The van der Waals surface area contributed by atoms with Crippen molar-refractivity contribution in [2.24, 2.45) is 7.05 Å². The summed E-state index contributed by atoms with van der Waals surface area (Å²) in [4.78, 5) is 37.0. The van der Waals surface area contributed by atoms with Crippen molar-refractivity contribution in [1.29, 1.82) is 0 Å². The van der Waals surface area contributed by atoms with E-state index >= 15 is 0 Å². The Balaban J connectivity index is 1.62. The minimum Gasteiger partial charge on any atom is -0.451 e. The highest BCUT2D eigenvalue weighted by molar-refractivity contribution is 7.16. The number of thiazole rings is 1. The van der Waals surface area contributed by atoms with Gasteiger partial charge in [-0.25, -0.2) is 19.7 Å². The molecule has 3 rings (SSSR count). The Morgan fingerprint density at radius 1 is 1.27 bits per heavy atom. The summed E-state index contributed by atoms with van der Waals surface area (Å²) in [6, 6.07) is 3.42. The molecule has 0 spiro atoms. The SMILES string of the molecule is Cc1cc(NC(=O)COC(=O)c2sc(-c3ncccn3)nc2C)n(C)n1. The predicted octanol–water partition coefficient (Wildman–Crippen LogP) is 1.75. The lowest BCUT2D eigenvalue weighted by Crippen LogP contribution is -2.22. The van der Waals surface area contributed by atoms with Gasteiger partial charge in [-0.1, -0.05) is 0 Å². The number of carbonyl (C=O) groups is 2. The highest BCUT2D eigenvalue weighted by Crippen LogP contribution is 2.25. The van der Waals surface area contributed by atoms with Crippen molar-refractivity contribution in [2.75, 3.05) is 11.9 Å². The van der Waals surface area contributed by atoms with E-state index in [1.165, 1.54) is 4.68 Å². The van der Waals surface area contributed by atoms with Crippen molar-refractivity contribution in [1.82, 2.24) is 24.7 Å². The maximum absolute atomic E-state index is 12.2. The molecule has 26 heavy (non-hydrogen) atoms. The van der Waals surface area contributed by atoms with E-state index in [-0.39, 0.29) is 0 Å². The van der Waals surface area contributed by atoms with Gasteiger partial charge in [0.1, 0.15) is 10.7 Å². The lowest BCUT2D eigenvalue weighted by Gasteiger charge is -2.06. The molecule has 10 heteroatoms. The third kappa shape index (κ3) is 3.91. The second kappa shape index (κ2) is 7.40. The van der Waals surface area contributed by atoms with Crippen molar-refractivity contribution in [3.05, 3.63) is 40.8 Å². The molecule has 3 aromatic rings. The molecule has 0 atom stereocenters. The molecule has 0 aliphatic heterocycles. The smallest absolute Gasteiger partial charge is 0.350 e. The van der Waals surface area contributed by atoms with Gasteiger partial charge in [-0.05, 0) is 19.9 Å². The number of anilines is 1. The summed E-state index contributed by atoms with van der Waals surface area (Å²) in [6.45, 7) is 3.10. The van der Waals surface area contributed by atoms with Crippen LogP contribution in [0.3, 0.4) is 0 Å². The molecule has 3 aromatic heterocycles. The number of carbonyl (C=O) groups excluding carboxylic acids is 2. The first-order chi connectivity index (χ1) is 12.4. The number of nitrogens with zero attached hydrogens (tertiary/aromatic N) is 5. The molecule has 9 nitrogen and oxygen atoms in total. The summed E-state index contributed by atoms with van der Waals surface area (Å²) in [5.74, 6) is -0.0985. The van der Waals surface area contributed by atoms with E-state index in [1.54, 1.807) is 38.5 Å². The Kier molecular flexibility index (Phi) is 5.03. The van der Waals surface area contributed by atoms with Gasteiger partial charge in [-0.3, -0.25) is 9.48 Å². The molecule has 0 fully saturated rings. The van der Waals surface area contributed by atoms with Crippen LogP contribution in [0.2, 0.25) is 0 Å². The van der Waals surface area contributed by atoms with Gasteiger partial charge < -0.3 is 10.1 Å². The molecule has 0 aliphatic rings. The van der Waals surface area contributed by atoms with Gasteiger partial charge in [0.05, 0.1) is 11.4 Å². The van der Waals surface area contributed by atoms with Crippen LogP contribution in [-0.2, 0) is 16.6 Å². The molecule has 1 N–H and O–H groups in total. The second-order valence-electron chi connectivity index (χ2n) is 5.42. The Morgan fingerprint density at radius 2 is 2.00 bits per heavy atom. The van der Waals surface area contributed by atoms with Crippen LogP contribution in [0.15, 0.2) is 24.5 Å². The van der Waals surface area contributed by atoms with E-state index in [4.69, 9.17) is 4.74 Å². The number of amides is 1. The van der Waals surface area contributed by atoms with Crippen LogP contribution >= 0.6 is 11.3 Å². The Bertz CT molecular complexity index is 950. The van der Waals surface area contributed by atoms with Crippen molar-refractivity contribution >= 4 is 29.0 Å². The van der Waals surface area contributed by atoms with E-state index in [2.05, 4.69) is 25.4 Å². The van der Waals surface area contributed by atoms with E-state index in [0.717, 1.165) is 17.0 Å². The molecule has 1 amide bonds. The molecule has 0 saturated carbocycles. The Morgan fingerprint density at radius 3 is 2.65 bits per heavy atom. The van der Waals surface area contributed by atoms with E-state index in [0.29, 0.717) is 27.2 Å². The van der Waals surface area contributed by atoms with Crippen LogP contribution in [0.5, 0.6) is 0 Å². The third-order valence-corrected chi connectivity index (χ3v) is 4.48. The number of esters is 1. The van der Waals surface area contributed by atoms with Crippen molar-refractivity contribution in [3.8, 4) is 10.8 Å². The van der Waals surface area contributed by atoms with E-state index in [9.17, 15) is 9.59 Å². The molecule has 0 bridgehead atoms. The van der Waals surface area contributed by atoms with E-state index in [1.807, 2.05) is 6.92 Å². The van der Waals surface area contributed by atoms with Gasteiger partial charge in [0, 0.05) is 25.5 Å². The summed E-state index contributed by atoms with van der Waals surface area (Å²) in [5, 5.41) is 7.28. The minimum atomic E-state index is -0.612. The molecule has 0 aromatic carbocycles. The topological polar surface area (TPSA) is 112 Å². The maximum Gasteiger partial charge on any atom is 0.350 e. The first-order valence-electron chi connectivity index (χ1n) is 7.66. The molecular formula is C16H16N6O3S. The van der Waals surface area contributed by atoms with Gasteiger partial charge in [-0.2, -0.15) is 5.10 Å². The van der Waals surface area contributed by atoms with Gasteiger partial charge in [0.15, 0.2) is 17.4 Å². The number of hydrogen-bond donors (Lipinski definition) is 1.